The normalized spacial score (nSPS) is 29.6. The first kappa shape index (κ1) is 22.0. The average Bonchev–Trinajstić information content (AvgIpc) is 2.72. The molecule has 1 fully saturated rings. The number of aliphatic hydroxyl groups is 4. The molecule has 1 aliphatic rings. The molecule has 6 nitrogen and oxygen atoms in total. The zero-order chi connectivity index (χ0) is 21.2. The van der Waals surface area contributed by atoms with Crippen LogP contribution in [-0.4, -0.2) is 58.1 Å². The highest BCUT2D eigenvalue weighted by atomic mass is 35.5. The van der Waals surface area contributed by atoms with Gasteiger partial charge in [0.05, 0.1) is 13.2 Å². The lowest BCUT2D eigenvalue weighted by atomic mass is 9.80. The van der Waals surface area contributed by atoms with E-state index in [1.54, 1.807) is 19.1 Å². The van der Waals surface area contributed by atoms with Crippen molar-refractivity contribution >= 4 is 11.6 Å². The zero-order valence-corrected chi connectivity index (χ0v) is 17.2. The second kappa shape index (κ2) is 9.00. The number of ether oxygens (including phenoxy) is 2. The van der Waals surface area contributed by atoms with Gasteiger partial charge in [-0.25, -0.2) is 0 Å². The second-order valence-corrected chi connectivity index (χ2v) is 7.84. The Labute approximate surface area is 175 Å². The number of hydrogen-bond acceptors (Lipinski definition) is 6. The summed E-state index contributed by atoms with van der Waals surface area (Å²) in [4.78, 5) is 0. The van der Waals surface area contributed by atoms with Gasteiger partial charge in [-0.1, -0.05) is 35.9 Å². The van der Waals surface area contributed by atoms with Gasteiger partial charge in [0.1, 0.15) is 35.8 Å². The summed E-state index contributed by atoms with van der Waals surface area (Å²) in [7, 11) is 0. The van der Waals surface area contributed by atoms with Gasteiger partial charge < -0.3 is 29.9 Å². The predicted octanol–water partition coefficient (Wildman–Crippen LogP) is 2.02. The van der Waals surface area contributed by atoms with Crippen LogP contribution in [0.1, 0.15) is 30.5 Å². The molecule has 1 saturated heterocycles. The Morgan fingerprint density at radius 2 is 1.76 bits per heavy atom. The summed E-state index contributed by atoms with van der Waals surface area (Å²) in [5.74, 6) is 0.796. The van der Waals surface area contributed by atoms with Crippen molar-refractivity contribution in [2.75, 3.05) is 13.2 Å². The zero-order valence-electron chi connectivity index (χ0n) is 16.5. The topological polar surface area (TPSA) is 99.4 Å². The van der Waals surface area contributed by atoms with Crippen LogP contribution in [0.4, 0.5) is 0 Å². The SMILES string of the molecule is CCOc1ccc(Cc2cc([C@]3(C)OC(CO)[C@@H](O)[C@H](O)[C@H]3O)ccc2Cl)cc1. The summed E-state index contributed by atoms with van der Waals surface area (Å²) in [6.07, 6.45) is -4.65. The van der Waals surface area contributed by atoms with Gasteiger partial charge in [0.15, 0.2) is 0 Å². The summed E-state index contributed by atoms with van der Waals surface area (Å²) >= 11 is 6.40. The van der Waals surface area contributed by atoms with Gasteiger partial charge in [-0.3, -0.25) is 0 Å². The Bertz CT molecular complexity index is 825. The number of aliphatic hydroxyl groups excluding tert-OH is 4. The molecule has 1 unspecified atom stereocenters. The molecule has 3 rings (SSSR count). The molecular weight excluding hydrogens is 396 g/mol. The highest BCUT2D eigenvalue weighted by molar-refractivity contribution is 6.31. The highest BCUT2D eigenvalue weighted by Crippen LogP contribution is 2.39. The molecule has 158 valence electrons. The Hall–Kier alpha value is -1.67. The Morgan fingerprint density at radius 3 is 2.38 bits per heavy atom. The van der Waals surface area contributed by atoms with E-state index in [4.69, 9.17) is 21.1 Å². The van der Waals surface area contributed by atoms with Gasteiger partial charge >= 0.3 is 0 Å². The average molecular weight is 423 g/mol. The van der Waals surface area contributed by atoms with E-state index in [0.29, 0.717) is 23.6 Å². The molecule has 0 saturated carbocycles. The number of halogens is 1. The lowest BCUT2D eigenvalue weighted by molar-refractivity contribution is -0.273. The van der Waals surface area contributed by atoms with Crippen LogP contribution in [0.5, 0.6) is 5.75 Å². The molecular formula is C22H27ClO6. The molecule has 5 atom stereocenters. The molecule has 4 N–H and O–H groups in total. The van der Waals surface area contributed by atoms with Gasteiger partial charge in [0.25, 0.3) is 0 Å². The van der Waals surface area contributed by atoms with Crippen LogP contribution in [0, 0.1) is 0 Å². The van der Waals surface area contributed by atoms with Crippen molar-refractivity contribution in [3.63, 3.8) is 0 Å². The third-order valence-electron chi connectivity index (χ3n) is 5.44. The largest absolute Gasteiger partial charge is 0.494 e. The van der Waals surface area contributed by atoms with Crippen molar-refractivity contribution < 1.29 is 29.9 Å². The fraction of sp³-hybridized carbons (Fsp3) is 0.455. The molecule has 1 aliphatic heterocycles. The van der Waals surface area contributed by atoms with E-state index in [0.717, 1.165) is 16.9 Å². The smallest absolute Gasteiger partial charge is 0.119 e. The maximum absolute atomic E-state index is 10.6. The standard InChI is InChI=1S/C22H27ClO6/c1-3-28-16-7-4-13(5-8-16)10-14-11-15(6-9-17(14)23)22(2)21(27)20(26)19(25)18(12-24)29-22/h4-9,11,18-21,24-27H,3,10,12H2,1-2H3/t18?,19-,20+,21-,22+/m1/s1. The molecule has 0 aromatic heterocycles. The molecule has 0 radical (unpaired) electrons. The minimum absolute atomic E-state index is 0.479. The van der Waals surface area contributed by atoms with E-state index in [1.807, 2.05) is 37.3 Å². The van der Waals surface area contributed by atoms with Crippen molar-refractivity contribution in [3.05, 3.63) is 64.2 Å². The van der Waals surface area contributed by atoms with Crippen LogP contribution in [-0.2, 0) is 16.8 Å². The molecule has 1 heterocycles. The molecule has 0 aliphatic carbocycles. The number of hydrogen-bond donors (Lipinski definition) is 4. The Kier molecular flexibility index (Phi) is 6.83. The Morgan fingerprint density at radius 1 is 1.07 bits per heavy atom. The van der Waals surface area contributed by atoms with Crippen LogP contribution in [0.2, 0.25) is 5.02 Å². The summed E-state index contributed by atoms with van der Waals surface area (Å²) in [6.45, 7) is 3.68. The van der Waals surface area contributed by atoms with E-state index in [2.05, 4.69) is 0 Å². The van der Waals surface area contributed by atoms with E-state index in [-0.39, 0.29) is 0 Å². The minimum Gasteiger partial charge on any atom is -0.494 e. The van der Waals surface area contributed by atoms with E-state index >= 15 is 0 Å². The van der Waals surface area contributed by atoms with Gasteiger partial charge in [0, 0.05) is 5.02 Å². The fourth-order valence-corrected chi connectivity index (χ4v) is 3.86. The first-order valence-electron chi connectivity index (χ1n) is 9.63. The van der Waals surface area contributed by atoms with Gasteiger partial charge in [-0.05, 0) is 55.2 Å². The summed E-state index contributed by atoms with van der Waals surface area (Å²) in [6, 6.07) is 13.0. The summed E-state index contributed by atoms with van der Waals surface area (Å²) in [5.41, 5.74) is 1.14. The molecule has 0 bridgehead atoms. The second-order valence-electron chi connectivity index (χ2n) is 7.43. The molecule has 29 heavy (non-hydrogen) atoms. The molecule has 2 aromatic carbocycles. The monoisotopic (exact) mass is 422 g/mol. The van der Waals surface area contributed by atoms with Gasteiger partial charge in [-0.15, -0.1) is 0 Å². The van der Waals surface area contributed by atoms with Crippen molar-refractivity contribution in [1.82, 2.24) is 0 Å². The third-order valence-corrected chi connectivity index (χ3v) is 5.81. The maximum atomic E-state index is 10.6. The van der Waals surface area contributed by atoms with Crippen molar-refractivity contribution in [3.8, 4) is 5.75 Å². The van der Waals surface area contributed by atoms with E-state index in [1.165, 1.54) is 0 Å². The number of rotatable bonds is 6. The molecule has 7 heteroatoms. The molecule has 0 amide bonds. The highest BCUT2D eigenvalue weighted by Gasteiger charge is 2.51. The summed E-state index contributed by atoms with van der Waals surface area (Å²) in [5, 5.41) is 40.9. The lowest BCUT2D eigenvalue weighted by Crippen LogP contribution is -2.62. The minimum atomic E-state index is -1.45. The van der Waals surface area contributed by atoms with E-state index < -0.39 is 36.6 Å². The van der Waals surface area contributed by atoms with Crippen molar-refractivity contribution in [2.24, 2.45) is 0 Å². The van der Waals surface area contributed by atoms with Gasteiger partial charge in [0.2, 0.25) is 0 Å². The van der Waals surface area contributed by atoms with Crippen LogP contribution in [0.25, 0.3) is 0 Å². The van der Waals surface area contributed by atoms with Crippen LogP contribution >= 0.6 is 11.6 Å². The predicted molar refractivity (Wildman–Crippen MR) is 109 cm³/mol. The molecule has 2 aromatic rings. The van der Waals surface area contributed by atoms with Crippen LogP contribution in [0.3, 0.4) is 0 Å². The first-order valence-corrected chi connectivity index (χ1v) is 10.0. The fourth-order valence-electron chi connectivity index (χ4n) is 3.68. The quantitative estimate of drug-likeness (QED) is 0.568. The Balaban J connectivity index is 1.89. The summed E-state index contributed by atoms with van der Waals surface area (Å²) < 4.78 is 11.3. The van der Waals surface area contributed by atoms with Crippen molar-refractivity contribution in [1.29, 1.82) is 0 Å². The van der Waals surface area contributed by atoms with Crippen molar-refractivity contribution in [2.45, 2.75) is 50.3 Å². The van der Waals surface area contributed by atoms with Gasteiger partial charge in [-0.2, -0.15) is 0 Å². The lowest BCUT2D eigenvalue weighted by Gasteiger charge is -2.47. The molecule has 0 spiro atoms. The number of benzene rings is 2. The first-order chi connectivity index (χ1) is 13.8. The third kappa shape index (κ3) is 4.43. The maximum Gasteiger partial charge on any atom is 0.119 e. The van der Waals surface area contributed by atoms with Crippen LogP contribution in [0.15, 0.2) is 42.5 Å². The van der Waals surface area contributed by atoms with Crippen LogP contribution < -0.4 is 4.74 Å². The van der Waals surface area contributed by atoms with E-state index in [9.17, 15) is 20.4 Å².